The maximum absolute atomic E-state index is 13.9. The van der Waals surface area contributed by atoms with Crippen molar-refractivity contribution in [1.29, 1.82) is 0 Å². The third kappa shape index (κ3) is 3.78. The fourth-order valence-electron chi connectivity index (χ4n) is 2.07. The van der Waals surface area contributed by atoms with Gasteiger partial charge in [0, 0.05) is 12.2 Å². The Hall–Kier alpha value is -2.43. The zero-order valence-corrected chi connectivity index (χ0v) is 11.6. The lowest BCUT2D eigenvalue weighted by Gasteiger charge is -2.09. The smallest absolute Gasteiger partial charge is 0.254 e. The number of nitrogens with two attached hydrogens (primary N) is 1. The van der Waals surface area contributed by atoms with Crippen LogP contribution >= 0.6 is 0 Å². The fraction of sp³-hybridized carbons (Fsp3) is 0.188. The van der Waals surface area contributed by atoms with Crippen LogP contribution in [0.2, 0.25) is 0 Å². The average molecular weight is 290 g/mol. The second-order valence-corrected chi connectivity index (χ2v) is 4.84. The van der Waals surface area contributed by atoms with Gasteiger partial charge in [-0.3, -0.25) is 4.79 Å². The Bertz CT molecular complexity index is 671. The second-order valence-electron chi connectivity index (χ2n) is 4.84. The lowest BCUT2D eigenvalue weighted by Crippen LogP contribution is -2.27. The van der Waals surface area contributed by atoms with Gasteiger partial charge >= 0.3 is 0 Å². The summed E-state index contributed by atoms with van der Waals surface area (Å²) in [7, 11) is 0. The molecule has 0 spiro atoms. The molecule has 0 aliphatic rings. The highest BCUT2D eigenvalue weighted by atomic mass is 19.1. The summed E-state index contributed by atoms with van der Waals surface area (Å²) in [6.45, 7) is 1.84. The maximum Gasteiger partial charge on any atom is 0.254 e. The van der Waals surface area contributed by atoms with Crippen molar-refractivity contribution in [1.82, 2.24) is 5.32 Å². The molecule has 0 atom stereocenters. The summed E-state index contributed by atoms with van der Waals surface area (Å²) in [5.74, 6) is -1.43. The number of aryl methyl sites for hydroxylation is 1. The highest BCUT2D eigenvalue weighted by Gasteiger charge is 2.14. The van der Waals surface area contributed by atoms with E-state index in [0.717, 1.165) is 5.56 Å². The Morgan fingerprint density at radius 2 is 2.00 bits per heavy atom. The molecule has 0 saturated carbocycles. The van der Waals surface area contributed by atoms with Gasteiger partial charge < -0.3 is 11.1 Å². The molecule has 21 heavy (non-hydrogen) atoms. The summed E-state index contributed by atoms with van der Waals surface area (Å²) in [4.78, 5) is 11.9. The third-order valence-corrected chi connectivity index (χ3v) is 3.11. The van der Waals surface area contributed by atoms with Crippen molar-refractivity contribution in [2.24, 2.45) is 0 Å². The van der Waals surface area contributed by atoms with Crippen molar-refractivity contribution in [3.05, 3.63) is 64.7 Å². The summed E-state index contributed by atoms with van der Waals surface area (Å²) < 4.78 is 26.9. The number of benzene rings is 2. The lowest BCUT2D eigenvalue weighted by atomic mass is 10.1. The summed E-state index contributed by atoms with van der Waals surface area (Å²) in [5, 5.41) is 2.61. The molecule has 3 N–H and O–H groups in total. The van der Waals surface area contributed by atoms with E-state index in [0.29, 0.717) is 17.7 Å². The molecular weight excluding hydrogens is 274 g/mol. The van der Waals surface area contributed by atoms with Crippen molar-refractivity contribution in [2.45, 2.75) is 13.3 Å². The molecule has 0 fully saturated rings. The van der Waals surface area contributed by atoms with Crippen LogP contribution in [0.25, 0.3) is 0 Å². The van der Waals surface area contributed by atoms with Gasteiger partial charge in [-0.1, -0.05) is 12.1 Å². The third-order valence-electron chi connectivity index (χ3n) is 3.11. The number of anilines is 1. The van der Waals surface area contributed by atoms with Crippen LogP contribution in [0.5, 0.6) is 0 Å². The van der Waals surface area contributed by atoms with E-state index in [9.17, 15) is 13.6 Å². The van der Waals surface area contributed by atoms with Crippen LogP contribution in [0.4, 0.5) is 14.5 Å². The number of nitrogens with one attached hydrogen (secondary N) is 1. The van der Waals surface area contributed by atoms with Gasteiger partial charge in [0.1, 0.15) is 11.6 Å². The Morgan fingerprint density at radius 1 is 1.24 bits per heavy atom. The Labute approximate surface area is 121 Å². The summed E-state index contributed by atoms with van der Waals surface area (Å²) in [6, 6.07) is 8.90. The van der Waals surface area contributed by atoms with Gasteiger partial charge in [0.05, 0.1) is 5.56 Å². The molecule has 0 aromatic heterocycles. The fourth-order valence-corrected chi connectivity index (χ4v) is 2.07. The molecule has 2 rings (SSSR count). The summed E-state index contributed by atoms with van der Waals surface area (Å²) in [5.41, 5.74) is 6.96. The van der Waals surface area contributed by atoms with Gasteiger partial charge in [-0.05, 0) is 48.7 Å². The first-order chi connectivity index (χ1) is 9.97. The zero-order chi connectivity index (χ0) is 15.4. The average Bonchev–Trinajstić information content (AvgIpc) is 2.42. The van der Waals surface area contributed by atoms with E-state index in [1.807, 2.05) is 0 Å². The number of nitrogen functional groups attached to an aromatic ring is 1. The van der Waals surface area contributed by atoms with E-state index in [2.05, 4.69) is 5.32 Å². The van der Waals surface area contributed by atoms with Gasteiger partial charge in [-0.25, -0.2) is 8.78 Å². The first-order valence-electron chi connectivity index (χ1n) is 6.55. The van der Waals surface area contributed by atoms with Crippen LogP contribution in [0.1, 0.15) is 21.5 Å². The van der Waals surface area contributed by atoms with Gasteiger partial charge in [0.25, 0.3) is 5.91 Å². The molecule has 2 aromatic rings. The zero-order valence-electron chi connectivity index (χ0n) is 11.6. The number of hydrogen-bond donors (Lipinski definition) is 2. The topological polar surface area (TPSA) is 55.1 Å². The SMILES string of the molecule is Cc1cc(N)cc(C(=O)NCCc2cccc(F)c2)c1F. The van der Waals surface area contributed by atoms with E-state index < -0.39 is 11.7 Å². The molecule has 0 heterocycles. The Morgan fingerprint density at radius 3 is 2.71 bits per heavy atom. The molecule has 110 valence electrons. The molecule has 3 nitrogen and oxygen atoms in total. The minimum Gasteiger partial charge on any atom is -0.399 e. The van der Waals surface area contributed by atoms with Crippen LogP contribution in [0.15, 0.2) is 36.4 Å². The van der Waals surface area contributed by atoms with E-state index in [4.69, 9.17) is 5.73 Å². The molecule has 0 aliphatic carbocycles. The van der Waals surface area contributed by atoms with Crippen LogP contribution in [-0.4, -0.2) is 12.5 Å². The van der Waals surface area contributed by atoms with E-state index in [-0.39, 0.29) is 17.9 Å². The predicted molar refractivity (Wildman–Crippen MR) is 78.0 cm³/mol. The lowest BCUT2D eigenvalue weighted by molar-refractivity contribution is 0.0950. The molecule has 0 saturated heterocycles. The van der Waals surface area contributed by atoms with Crippen molar-refractivity contribution in [2.75, 3.05) is 12.3 Å². The van der Waals surface area contributed by atoms with Gasteiger partial charge in [-0.2, -0.15) is 0 Å². The van der Waals surface area contributed by atoms with Crippen LogP contribution in [0, 0.1) is 18.6 Å². The van der Waals surface area contributed by atoms with E-state index in [1.165, 1.54) is 24.3 Å². The highest BCUT2D eigenvalue weighted by Crippen LogP contribution is 2.17. The number of amides is 1. The molecular formula is C16H16F2N2O. The van der Waals surface area contributed by atoms with Crippen molar-refractivity contribution < 1.29 is 13.6 Å². The largest absolute Gasteiger partial charge is 0.399 e. The number of hydrogen-bond acceptors (Lipinski definition) is 2. The van der Waals surface area contributed by atoms with Crippen molar-refractivity contribution in [3.8, 4) is 0 Å². The summed E-state index contributed by atoms with van der Waals surface area (Å²) >= 11 is 0. The monoisotopic (exact) mass is 290 g/mol. The van der Waals surface area contributed by atoms with E-state index >= 15 is 0 Å². The molecule has 0 radical (unpaired) electrons. The minimum absolute atomic E-state index is 0.0771. The van der Waals surface area contributed by atoms with E-state index in [1.54, 1.807) is 19.1 Å². The van der Waals surface area contributed by atoms with Crippen LogP contribution in [-0.2, 0) is 6.42 Å². The molecule has 0 bridgehead atoms. The molecule has 0 aliphatic heterocycles. The molecule has 2 aromatic carbocycles. The number of carbonyl (C=O) groups is 1. The predicted octanol–water partition coefficient (Wildman–Crippen LogP) is 2.83. The maximum atomic E-state index is 13.9. The minimum atomic E-state index is -0.576. The first kappa shape index (κ1) is 15.0. The number of rotatable bonds is 4. The highest BCUT2D eigenvalue weighted by molar-refractivity contribution is 5.95. The Balaban J connectivity index is 1.99. The Kier molecular flexibility index (Phi) is 4.52. The molecule has 5 heteroatoms. The standard InChI is InChI=1S/C16H16F2N2O/c1-10-7-13(19)9-14(15(10)18)16(21)20-6-5-11-3-2-4-12(17)8-11/h2-4,7-9H,5-6,19H2,1H3,(H,20,21). The number of halogens is 2. The molecule has 1 amide bonds. The van der Waals surface area contributed by atoms with Crippen LogP contribution in [0.3, 0.4) is 0 Å². The summed E-state index contributed by atoms with van der Waals surface area (Å²) in [6.07, 6.45) is 0.465. The van der Waals surface area contributed by atoms with Crippen LogP contribution < -0.4 is 11.1 Å². The number of carbonyl (C=O) groups excluding carboxylic acids is 1. The first-order valence-corrected chi connectivity index (χ1v) is 6.55. The molecule has 0 unspecified atom stereocenters. The van der Waals surface area contributed by atoms with Crippen molar-refractivity contribution >= 4 is 11.6 Å². The van der Waals surface area contributed by atoms with Gasteiger partial charge in [0.15, 0.2) is 0 Å². The van der Waals surface area contributed by atoms with Gasteiger partial charge in [0.2, 0.25) is 0 Å². The quantitative estimate of drug-likeness (QED) is 0.851. The normalized spacial score (nSPS) is 10.4. The van der Waals surface area contributed by atoms with Crippen molar-refractivity contribution in [3.63, 3.8) is 0 Å². The second kappa shape index (κ2) is 6.35. The van der Waals surface area contributed by atoms with Gasteiger partial charge in [-0.15, -0.1) is 0 Å².